The summed E-state index contributed by atoms with van der Waals surface area (Å²) >= 11 is 0. The number of aliphatic hydroxyl groups is 4. The van der Waals surface area contributed by atoms with E-state index >= 15 is 0 Å². The Morgan fingerprint density at radius 2 is 0.983 bits per heavy atom. The molecule has 0 bridgehead atoms. The molecule has 59 heavy (non-hydrogen) atoms. The molecule has 1 saturated heterocycles. The highest BCUT2D eigenvalue weighted by Gasteiger charge is 2.44. The summed E-state index contributed by atoms with van der Waals surface area (Å²) in [6.07, 6.45) is 42.1. The van der Waals surface area contributed by atoms with E-state index in [1.54, 1.807) is 0 Å². The van der Waals surface area contributed by atoms with E-state index in [-0.39, 0.29) is 19.2 Å². The fraction of sp³-hybridized carbons (Fsp3) is 0.900. The summed E-state index contributed by atoms with van der Waals surface area (Å²) in [5.74, 6) is -0.323. The number of hydrogen-bond acceptors (Lipinski definition) is 9. The van der Waals surface area contributed by atoms with Crippen molar-refractivity contribution in [1.29, 1.82) is 0 Å². The van der Waals surface area contributed by atoms with Crippen LogP contribution in [0.3, 0.4) is 0 Å². The minimum Gasteiger partial charge on any atom is -0.457 e. The summed E-state index contributed by atoms with van der Waals surface area (Å²) in [5.41, 5.74) is 0. The van der Waals surface area contributed by atoms with Gasteiger partial charge in [-0.25, -0.2) is 0 Å². The Balaban J connectivity index is 2.21. The molecular formula is C50H94O9. The average molecular weight is 839 g/mol. The van der Waals surface area contributed by atoms with Gasteiger partial charge in [-0.2, -0.15) is 0 Å². The predicted molar refractivity (Wildman–Crippen MR) is 242 cm³/mol. The van der Waals surface area contributed by atoms with Gasteiger partial charge >= 0.3 is 5.97 Å². The normalized spacial score (nSPS) is 20.3. The third-order valence-electron chi connectivity index (χ3n) is 11.6. The molecule has 9 heteroatoms. The van der Waals surface area contributed by atoms with Crippen LogP contribution in [0.5, 0.6) is 0 Å². The predicted octanol–water partition coefficient (Wildman–Crippen LogP) is 11.8. The third kappa shape index (κ3) is 33.0. The van der Waals surface area contributed by atoms with Crippen molar-refractivity contribution in [3.8, 4) is 0 Å². The highest BCUT2D eigenvalue weighted by Crippen LogP contribution is 2.23. The van der Waals surface area contributed by atoms with Gasteiger partial charge < -0.3 is 39.4 Å². The first-order chi connectivity index (χ1) is 28.9. The van der Waals surface area contributed by atoms with Crippen molar-refractivity contribution < 1.29 is 44.2 Å². The van der Waals surface area contributed by atoms with Gasteiger partial charge in [0.1, 0.15) is 30.5 Å². The lowest BCUT2D eigenvalue weighted by Gasteiger charge is -2.39. The first kappa shape index (κ1) is 55.7. The Labute approximate surface area is 362 Å². The summed E-state index contributed by atoms with van der Waals surface area (Å²) < 4.78 is 22.9. The summed E-state index contributed by atoms with van der Waals surface area (Å²) in [6.45, 7) is 4.56. The highest BCUT2D eigenvalue weighted by atomic mass is 16.7. The molecule has 0 aliphatic carbocycles. The van der Waals surface area contributed by atoms with E-state index < -0.39 is 43.4 Å². The van der Waals surface area contributed by atoms with Crippen molar-refractivity contribution in [2.45, 2.75) is 263 Å². The largest absolute Gasteiger partial charge is 0.457 e. The Morgan fingerprint density at radius 1 is 0.542 bits per heavy atom. The number of allylic oxidation sites excluding steroid dienone is 4. The second-order valence-electron chi connectivity index (χ2n) is 17.3. The molecule has 0 aromatic rings. The maximum atomic E-state index is 12.8. The van der Waals surface area contributed by atoms with Gasteiger partial charge in [0, 0.05) is 13.0 Å². The summed E-state index contributed by atoms with van der Waals surface area (Å²) in [6, 6.07) is 0. The SMILES string of the molecule is CCCCCC/C=C\C/C=C\CCCCCCCC(=O)OC(COCCCCCCCCCCCCCCCCCCCCCC)COC1OC(CO)C(O)C(O)C1O. The molecule has 0 radical (unpaired) electrons. The molecule has 0 saturated carbocycles. The van der Waals surface area contributed by atoms with Crippen molar-refractivity contribution in [3.05, 3.63) is 24.3 Å². The molecule has 1 rings (SSSR count). The lowest BCUT2D eigenvalue weighted by atomic mass is 9.99. The standard InChI is InChI=1S/C50H94O9/c1-3-5-7-9-11-13-15-17-19-21-22-23-24-26-28-30-32-34-36-38-40-56-42-44(43-57-50-49(55)48(54)47(53)45(41-51)59-50)58-46(52)39-37-35-33-31-29-27-25-20-18-16-14-12-10-8-6-4-2/h14,16,20,25,44-45,47-51,53-55H,3-13,15,17-19,21-24,26-43H2,1-2H3/b16-14-,25-20-. The van der Waals surface area contributed by atoms with E-state index in [0.29, 0.717) is 13.0 Å². The Hall–Kier alpha value is -1.33. The first-order valence-electron chi connectivity index (χ1n) is 24.9. The zero-order valence-electron chi connectivity index (χ0n) is 38.3. The number of unbranched alkanes of at least 4 members (excludes halogenated alkanes) is 28. The minimum atomic E-state index is -1.54. The van der Waals surface area contributed by atoms with Crippen LogP contribution in [0.4, 0.5) is 0 Å². The third-order valence-corrected chi connectivity index (χ3v) is 11.6. The van der Waals surface area contributed by atoms with Crippen LogP contribution in [0, 0.1) is 0 Å². The van der Waals surface area contributed by atoms with Crippen LogP contribution in [0.1, 0.15) is 226 Å². The Bertz CT molecular complexity index is 957. The van der Waals surface area contributed by atoms with Gasteiger partial charge in [-0.1, -0.05) is 199 Å². The Morgan fingerprint density at radius 3 is 1.47 bits per heavy atom. The van der Waals surface area contributed by atoms with Gasteiger partial charge in [0.15, 0.2) is 6.29 Å². The van der Waals surface area contributed by atoms with Gasteiger partial charge in [0.25, 0.3) is 0 Å². The second-order valence-corrected chi connectivity index (χ2v) is 17.3. The molecule has 0 aromatic carbocycles. The summed E-state index contributed by atoms with van der Waals surface area (Å²) in [5, 5.41) is 40.2. The summed E-state index contributed by atoms with van der Waals surface area (Å²) in [7, 11) is 0. The second kappa shape index (κ2) is 42.0. The monoisotopic (exact) mass is 839 g/mol. The van der Waals surface area contributed by atoms with Gasteiger partial charge in [-0.15, -0.1) is 0 Å². The number of carbonyl (C=O) groups excluding carboxylic acids is 1. The molecule has 1 aliphatic heterocycles. The lowest BCUT2D eigenvalue weighted by molar-refractivity contribution is -0.305. The van der Waals surface area contributed by atoms with Crippen LogP contribution in [0.25, 0.3) is 0 Å². The van der Waals surface area contributed by atoms with Crippen molar-refractivity contribution in [3.63, 3.8) is 0 Å². The fourth-order valence-electron chi connectivity index (χ4n) is 7.70. The van der Waals surface area contributed by atoms with E-state index in [0.717, 1.165) is 57.8 Å². The topological polar surface area (TPSA) is 135 Å². The fourth-order valence-corrected chi connectivity index (χ4v) is 7.70. The van der Waals surface area contributed by atoms with Crippen LogP contribution in [-0.4, -0.2) is 89.6 Å². The number of carbonyl (C=O) groups is 1. The molecular weight excluding hydrogens is 745 g/mol. The molecule has 348 valence electrons. The van der Waals surface area contributed by atoms with Crippen LogP contribution in [0.2, 0.25) is 0 Å². The maximum Gasteiger partial charge on any atom is 0.306 e. The van der Waals surface area contributed by atoms with E-state index in [1.807, 2.05) is 0 Å². The van der Waals surface area contributed by atoms with Crippen LogP contribution in [0.15, 0.2) is 24.3 Å². The molecule has 1 fully saturated rings. The Kier molecular flexibility index (Phi) is 39.6. The number of esters is 1. The van der Waals surface area contributed by atoms with Gasteiger partial charge in [-0.05, 0) is 44.9 Å². The number of ether oxygens (including phenoxy) is 4. The molecule has 1 heterocycles. The van der Waals surface area contributed by atoms with Crippen LogP contribution in [-0.2, 0) is 23.7 Å². The average Bonchev–Trinajstić information content (AvgIpc) is 3.24. The van der Waals surface area contributed by atoms with E-state index in [9.17, 15) is 25.2 Å². The van der Waals surface area contributed by atoms with Gasteiger partial charge in [0.05, 0.1) is 19.8 Å². The smallest absolute Gasteiger partial charge is 0.306 e. The van der Waals surface area contributed by atoms with Gasteiger partial charge in [-0.3, -0.25) is 4.79 Å². The maximum absolute atomic E-state index is 12.8. The quantitative estimate of drug-likeness (QED) is 0.0269. The molecule has 0 spiro atoms. The number of hydrogen-bond donors (Lipinski definition) is 4. The molecule has 4 N–H and O–H groups in total. The van der Waals surface area contributed by atoms with E-state index in [1.165, 1.54) is 148 Å². The molecule has 0 aromatic heterocycles. The van der Waals surface area contributed by atoms with Crippen molar-refractivity contribution >= 4 is 5.97 Å². The van der Waals surface area contributed by atoms with E-state index in [2.05, 4.69) is 38.2 Å². The zero-order chi connectivity index (χ0) is 42.9. The van der Waals surface area contributed by atoms with E-state index in [4.69, 9.17) is 18.9 Å². The molecule has 1 aliphatic rings. The number of aliphatic hydroxyl groups excluding tert-OH is 4. The molecule has 6 atom stereocenters. The van der Waals surface area contributed by atoms with Crippen molar-refractivity contribution in [2.75, 3.05) is 26.4 Å². The molecule has 9 nitrogen and oxygen atoms in total. The number of rotatable bonds is 43. The minimum absolute atomic E-state index is 0.115. The first-order valence-corrected chi connectivity index (χ1v) is 24.9. The highest BCUT2D eigenvalue weighted by molar-refractivity contribution is 5.69. The van der Waals surface area contributed by atoms with Crippen LogP contribution < -0.4 is 0 Å². The molecule has 6 unspecified atom stereocenters. The summed E-state index contributed by atoms with van der Waals surface area (Å²) in [4.78, 5) is 12.8. The lowest BCUT2D eigenvalue weighted by Crippen LogP contribution is -2.59. The van der Waals surface area contributed by atoms with Crippen LogP contribution >= 0.6 is 0 Å². The molecule has 0 amide bonds. The zero-order valence-corrected chi connectivity index (χ0v) is 38.3. The van der Waals surface area contributed by atoms with Crippen molar-refractivity contribution in [2.24, 2.45) is 0 Å². The van der Waals surface area contributed by atoms with Crippen molar-refractivity contribution in [1.82, 2.24) is 0 Å². The van der Waals surface area contributed by atoms with Gasteiger partial charge in [0.2, 0.25) is 0 Å².